The van der Waals surface area contributed by atoms with Crippen LogP contribution in [0, 0.1) is 0 Å². The van der Waals surface area contributed by atoms with Gasteiger partial charge in [-0.05, 0) is 16.7 Å². The Morgan fingerprint density at radius 2 is 1.42 bits per heavy atom. The Balaban J connectivity index is 1.47. The minimum Gasteiger partial charge on any atom is -0.363 e. The molecule has 0 spiro atoms. The summed E-state index contributed by atoms with van der Waals surface area (Å²) < 4.78 is 43.1. The smallest absolute Gasteiger partial charge is 0.363 e. The number of fused-ring (bicyclic) bond motifs is 1. The molecular formula is C28H25F3N4O. The van der Waals surface area contributed by atoms with Gasteiger partial charge in [0.1, 0.15) is 5.82 Å². The van der Waals surface area contributed by atoms with Gasteiger partial charge in [0.05, 0.1) is 6.04 Å². The van der Waals surface area contributed by atoms with E-state index in [2.05, 4.69) is 10.4 Å². The summed E-state index contributed by atoms with van der Waals surface area (Å²) in [5, 5.41) is 7.33. The summed E-state index contributed by atoms with van der Waals surface area (Å²) in [6.07, 6.45) is -4.72. The van der Waals surface area contributed by atoms with Gasteiger partial charge in [-0.1, -0.05) is 91.0 Å². The summed E-state index contributed by atoms with van der Waals surface area (Å²) in [6.45, 7) is 0.610. The van der Waals surface area contributed by atoms with Crippen LogP contribution in [0.15, 0.2) is 97.1 Å². The Kier molecular flexibility index (Phi) is 6.50. The van der Waals surface area contributed by atoms with Gasteiger partial charge in [-0.15, -0.1) is 0 Å². The minimum atomic E-state index is -4.51. The lowest BCUT2D eigenvalue weighted by molar-refractivity contribution is -0.173. The van der Waals surface area contributed by atoms with E-state index in [-0.39, 0.29) is 17.9 Å². The van der Waals surface area contributed by atoms with Crippen molar-refractivity contribution in [2.75, 3.05) is 5.32 Å². The topological polar surface area (TPSA) is 50.2 Å². The fraction of sp³-hybridized carbons (Fsp3) is 0.214. The van der Waals surface area contributed by atoms with Crippen LogP contribution >= 0.6 is 0 Å². The van der Waals surface area contributed by atoms with E-state index in [1.165, 1.54) is 6.07 Å². The predicted molar refractivity (Wildman–Crippen MR) is 131 cm³/mol. The summed E-state index contributed by atoms with van der Waals surface area (Å²) in [5.41, 5.74) is 2.57. The number of hydrogen-bond donors (Lipinski definition) is 1. The van der Waals surface area contributed by atoms with E-state index >= 15 is 0 Å². The molecule has 1 aliphatic rings. The molecule has 4 aromatic rings. The van der Waals surface area contributed by atoms with Crippen molar-refractivity contribution in [2.24, 2.45) is 0 Å². The SMILES string of the molecule is O=C(c1cc2n(n1)[C@H](C(F)(F)F)C[C@@H](c1ccccc1)N2)N(Cc1ccccc1)Cc1ccccc1. The van der Waals surface area contributed by atoms with Crippen molar-refractivity contribution in [1.82, 2.24) is 14.7 Å². The van der Waals surface area contributed by atoms with Crippen LogP contribution in [0.2, 0.25) is 0 Å². The molecule has 8 heteroatoms. The molecule has 0 saturated heterocycles. The number of hydrogen-bond acceptors (Lipinski definition) is 3. The van der Waals surface area contributed by atoms with Crippen molar-refractivity contribution in [3.8, 4) is 0 Å². The zero-order valence-electron chi connectivity index (χ0n) is 19.4. The molecule has 0 fully saturated rings. The molecule has 2 heterocycles. The number of nitrogens with zero attached hydrogens (tertiary/aromatic N) is 3. The molecule has 1 aromatic heterocycles. The second-order valence-electron chi connectivity index (χ2n) is 8.89. The highest BCUT2D eigenvalue weighted by molar-refractivity contribution is 5.93. The van der Waals surface area contributed by atoms with Gasteiger partial charge in [-0.3, -0.25) is 4.79 Å². The Labute approximate surface area is 207 Å². The summed E-state index contributed by atoms with van der Waals surface area (Å²) >= 11 is 0. The summed E-state index contributed by atoms with van der Waals surface area (Å²) in [6, 6.07) is 27.0. The van der Waals surface area contributed by atoms with Crippen LogP contribution in [0.1, 0.15) is 45.7 Å². The van der Waals surface area contributed by atoms with Gasteiger partial charge in [-0.2, -0.15) is 18.3 Å². The summed E-state index contributed by atoms with van der Waals surface area (Å²) in [4.78, 5) is 15.2. The number of alkyl halides is 3. The van der Waals surface area contributed by atoms with Crippen molar-refractivity contribution >= 4 is 11.7 Å². The largest absolute Gasteiger partial charge is 0.410 e. The Hall–Kier alpha value is -4.07. The quantitative estimate of drug-likeness (QED) is 0.341. The van der Waals surface area contributed by atoms with E-state index in [0.717, 1.165) is 21.4 Å². The van der Waals surface area contributed by atoms with E-state index in [4.69, 9.17) is 0 Å². The first-order valence-corrected chi connectivity index (χ1v) is 11.7. The standard InChI is InChI=1S/C28H25F3N4O/c29-28(30,31)25-16-23(22-14-8-3-9-15-22)32-26-17-24(33-35(25)26)27(36)34(18-20-10-4-1-5-11-20)19-21-12-6-2-7-13-21/h1-15,17,23,25,32H,16,18-19H2/t23-,25-/m0/s1. The lowest BCUT2D eigenvalue weighted by atomic mass is 9.97. The van der Waals surface area contributed by atoms with Gasteiger partial charge in [0.2, 0.25) is 0 Å². The normalized spacial score (nSPS) is 17.2. The third-order valence-electron chi connectivity index (χ3n) is 6.33. The molecule has 0 unspecified atom stereocenters. The maximum absolute atomic E-state index is 14.1. The Bertz CT molecular complexity index is 1270. The van der Waals surface area contributed by atoms with E-state index in [1.807, 2.05) is 66.7 Å². The highest BCUT2D eigenvalue weighted by atomic mass is 19.4. The Morgan fingerprint density at radius 3 is 1.94 bits per heavy atom. The molecule has 5 rings (SSSR count). The van der Waals surface area contributed by atoms with Crippen molar-refractivity contribution in [1.29, 1.82) is 0 Å². The average Bonchev–Trinajstić information content (AvgIpc) is 3.32. The maximum atomic E-state index is 14.1. The molecular weight excluding hydrogens is 465 g/mol. The first-order chi connectivity index (χ1) is 17.4. The second kappa shape index (κ2) is 9.89. The number of carbonyl (C=O) groups excluding carboxylic acids is 1. The monoisotopic (exact) mass is 490 g/mol. The molecule has 1 aliphatic heterocycles. The number of nitrogens with one attached hydrogen (secondary N) is 1. The molecule has 5 nitrogen and oxygen atoms in total. The number of benzene rings is 3. The van der Waals surface area contributed by atoms with Crippen molar-refractivity contribution < 1.29 is 18.0 Å². The zero-order valence-corrected chi connectivity index (χ0v) is 19.4. The predicted octanol–water partition coefficient (Wildman–Crippen LogP) is 6.39. The number of halogens is 3. The molecule has 0 radical (unpaired) electrons. The Morgan fingerprint density at radius 1 is 0.889 bits per heavy atom. The van der Waals surface area contributed by atoms with Crippen LogP contribution in [0.5, 0.6) is 0 Å². The van der Waals surface area contributed by atoms with Gasteiger partial charge in [0, 0.05) is 25.6 Å². The molecule has 2 atom stereocenters. The first-order valence-electron chi connectivity index (χ1n) is 11.7. The minimum absolute atomic E-state index is 0.0210. The average molecular weight is 491 g/mol. The fourth-order valence-corrected chi connectivity index (χ4v) is 4.55. The van der Waals surface area contributed by atoms with Gasteiger partial charge in [0.15, 0.2) is 11.7 Å². The summed E-state index contributed by atoms with van der Waals surface area (Å²) in [5.74, 6) is -0.247. The van der Waals surface area contributed by atoms with Gasteiger partial charge in [0.25, 0.3) is 5.91 Å². The molecule has 0 saturated carbocycles. The van der Waals surface area contributed by atoms with Crippen LogP contribution in [0.25, 0.3) is 0 Å². The third-order valence-corrected chi connectivity index (χ3v) is 6.33. The molecule has 1 amide bonds. The van der Waals surface area contributed by atoms with Crippen LogP contribution in [-0.4, -0.2) is 26.8 Å². The molecule has 0 bridgehead atoms. The molecule has 1 N–H and O–H groups in total. The highest BCUT2D eigenvalue weighted by Crippen LogP contribution is 2.43. The maximum Gasteiger partial charge on any atom is 0.410 e. The molecule has 36 heavy (non-hydrogen) atoms. The van der Waals surface area contributed by atoms with Crippen molar-refractivity contribution in [3.63, 3.8) is 0 Å². The molecule has 184 valence electrons. The number of rotatable bonds is 6. The molecule has 3 aromatic carbocycles. The molecule has 0 aliphatic carbocycles. The lowest BCUT2D eigenvalue weighted by Crippen LogP contribution is -2.36. The van der Waals surface area contributed by atoms with E-state index in [9.17, 15) is 18.0 Å². The van der Waals surface area contributed by atoms with Gasteiger partial charge in [-0.25, -0.2) is 4.68 Å². The van der Waals surface area contributed by atoms with E-state index < -0.39 is 24.2 Å². The van der Waals surface area contributed by atoms with E-state index in [1.54, 1.807) is 29.2 Å². The van der Waals surface area contributed by atoms with Gasteiger partial charge >= 0.3 is 6.18 Å². The highest BCUT2D eigenvalue weighted by Gasteiger charge is 2.47. The number of carbonyl (C=O) groups is 1. The van der Waals surface area contributed by atoms with Crippen LogP contribution in [0.4, 0.5) is 19.0 Å². The van der Waals surface area contributed by atoms with Crippen molar-refractivity contribution in [3.05, 3.63) is 119 Å². The lowest BCUT2D eigenvalue weighted by Gasteiger charge is -2.33. The van der Waals surface area contributed by atoms with Crippen LogP contribution in [-0.2, 0) is 13.1 Å². The van der Waals surface area contributed by atoms with Crippen LogP contribution < -0.4 is 5.32 Å². The van der Waals surface area contributed by atoms with E-state index in [0.29, 0.717) is 13.1 Å². The van der Waals surface area contributed by atoms with Gasteiger partial charge < -0.3 is 10.2 Å². The fourth-order valence-electron chi connectivity index (χ4n) is 4.55. The first kappa shape index (κ1) is 23.7. The number of aromatic nitrogens is 2. The zero-order chi connectivity index (χ0) is 25.1. The number of anilines is 1. The third kappa shape index (κ3) is 5.12. The summed E-state index contributed by atoms with van der Waals surface area (Å²) in [7, 11) is 0. The van der Waals surface area contributed by atoms with Crippen LogP contribution in [0.3, 0.4) is 0 Å². The number of amides is 1. The second-order valence-corrected chi connectivity index (χ2v) is 8.89. The van der Waals surface area contributed by atoms with Crippen molar-refractivity contribution in [2.45, 2.75) is 37.8 Å².